The van der Waals surface area contributed by atoms with Gasteiger partial charge in [0.05, 0.1) is 11.7 Å². The highest BCUT2D eigenvalue weighted by molar-refractivity contribution is 5.97. The van der Waals surface area contributed by atoms with Crippen LogP contribution in [0.4, 0.5) is 5.69 Å². The van der Waals surface area contributed by atoms with E-state index >= 15 is 0 Å². The van der Waals surface area contributed by atoms with E-state index in [9.17, 15) is 0 Å². The van der Waals surface area contributed by atoms with Gasteiger partial charge < -0.3 is 0 Å². The summed E-state index contributed by atoms with van der Waals surface area (Å²) in [6.07, 6.45) is 1.83. The number of nitrogens with zero attached hydrogens (tertiary/aromatic N) is 5. The highest BCUT2D eigenvalue weighted by Gasteiger charge is 2.09. The summed E-state index contributed by atoms with van der Waals surface area (Å²) in [6.45, 7) is 0. The van der Waals surface area contributed by atoms with Crippen molar-refractivity contribution < 1.29 is 0 Å². The van der Waals surface area contributed by atoms with Crippen LogP contribution < -0.4 is 0 Å². The average Bonchev–Trinajstić information content (AvgIpc) is 2.82. The van der Waals surface area contributed by atoms with Crippen LogP contribution in [0.1, 0.15) is 0 Å². The van der Waals surface area contributed by atoms with E-state index in [1.165, 1.54) is 0 Å². The lowest BCUT2D eigenvalue weighted by molar-refractivity contribution is 0.797. The Labute approximate surface area is 109 Å². The van der Waals surface area contributed by atoms with Gasteiger partial charge in [0.2, 0.25) is 0 Å². The summed E-state index contributed by atoms with van der Waals surface area (Å²) in [6, 6.07) is 13.6. The fourth-order valence-corrected chi connectivity index (χ4v) is 2.25. The molecule has 1 aromatic heterocycles. The van der Waals surface area contributed by atoms with Gasteiger partial charge in [-0.15, -0.1) is 0 Å². The second-order valence-corrected chi connectivity index (χ2v) is 4.21. The molecule has 0 aliphatic rings. The van der Waals surface area contributed by atoms with Gasteiger partial charge in [-0.3, -0.25) is 4.68 Å². The summed E-state index contributed by atoms with van der Waals surface area (Å²) in [5.74, 6) is 0. The zero-order valence-electron chi connectivity index (χ0n) is 10.4. The van der Waals surface area contributed by atoms with E-state index in [4.69, 9.17) is 5.53 Å². The summed E-state index contributed by atoms with van der Waals surface area (Å²) in [7, 11) is 1.91. The molecule has 5 heteroatoms. The molecule has 0 atom stereocenters. The Morgan fingerprint density at radius 3 is 2.74 bits per heavy atom. The molecule has 5 nitrogen and oxygen atoms in total. The number of aromatic nitrogens is 2. The molecule has 0 aliphatic heterocycles. The normalized spacial score (nSPS) is 10.4. The van der Waals surface area contributed by atoms with Crippen LogP contribution in [0.2, 0.25) is 0 Å². The van der Waals surface area contributed by atoms with Crippen LogP contribution in [0.25, 0.3) is 32.5 Å². The summed E-state index contributed by atoms with van der Waals surface area (Å²) >= 11 is 0. The van der Waals surface area contributed by atoms with Gasteiger partial charge in [0.25, 0.3) is 0 Å². The van der Waals surface area contributed by atoms with Crippen LogP contribution in [-0.2, 0) is 7.05 Å². The maximum atomic E-state index is 8.65. The van der Waals surface area contributed by atoms with Gasteiger partial charge in [0.1, 0.15) is 0 Å². The van der Waals surface area contributed by atoms with Gasteiger partial charge in [0.15, 0.2) is 0 Å². The predicted octanol–water partition coefficient (Wildman–Crippen LogP) is 4.18. The summed E-state index contributed by atoms with van der Waals surface area (Å²) in [4.78, 5) is 2.88. The second-order valence-electron chi connectivity index (χ2n) is 4.21. The molecule has 19 heavy (non-hydrogen) atoms. The molecule has 2 aromatic carbocycles. The average molecular weight is 249 g/mol. The SMILES string of the molecule is Cn1ncc2c(-c3ccccc3N=[N+]=[N-])cccc21. The zero-order chi connectivity index (χ0) is 13.2. The first kappa shape index (κ1) is 11.3. The molecule has 1 heterocycles. The van der Waals surface area contributed by atoms with Gasteiger partial charge in [0, 0.05) is 23.0 Å². The van der Waals surface area contributed by atoms with Gasteiger partial charge in [-0.1, -0.05) is 41.5 Å². The lowest BCUT2D eigenvalue weighted by Crippen LogP contribution is -1.88. The topological polar surface area (TPSA) is 66.6 Å². The van der Waals surface area contributed by atoms with Gasteiger partial charge in [-0.25, -0.2) is 0 Å². The van der Waals surface area contributed by atoms with Gasteiger partial charge >= 0.3 is 0 Å². The van der Waals surface area contributed by atoms with E-state index in [2.05, 4.69) is 15.1 Å². The number of benzene rings is 2. The highest BCUT2D eigenvalue weighted by Crippen LogP contribution is 2.34. The van der Waals surface area contributed by atoms with E-state index in [1.54, 1.807) is 0 Å². The van der Waals surface area contributed by atoms with Crippen LogP contribution >= 0.6 is 0 Å². The van der Waals surface area contributed by atoms with E-state index in [0.29, 0.717) is 5.69 Å². The first-order chi connectivity index (χ1) is 9.31. The van der Waals surface area contributed by atoms with Gasteiger partial charge in [-0.2, -0.15) is 5.10 Å². The lowest BCUT2D eigenvalue weighted by Gasteiger charge is -2.06. The Morgan fingerprint density at radius 2 is 1.89 bits per heavy atom. The number of rotatable bonds is 2. The highest BCUT2D eigenvalue weighted by atomic mass is 15.2. The van der Waals surface area contributed by atoms with Crippen LogP contribution in [-0.4, -0.2) is 9.78 Å². The Balaban J connectivity index is 2.33. The minimum absolute atomic E-state index is 0.626. The lowest BCUT2D eigenvalue weighted by atomic mass is 10.0. The number of hydrogen-bond acceptors (Lipinski definition) is 2. The third kappa shape index (κ3) is 1.82. The summed E-state index contributed by atoms with van der Waals surface area (Å²) in [5, 5.41) is 9.07. The van der Waals surface area contributed by atoms with Crippen molar-refractivity contribution in [2.45, 2.75) is 0 Å². The van der Waals surface area contributed by atoms with Crippen molar-refractivity contribution in [2.24, 2.45) is 12.2 Å². The minimum Gasteiger partial charge on any atom is -0.268 e. The van der Waals surface area contributed by atoms with E-state index in [-0.39, 0.29) is 0 Å². The zero-order valence-corrected chi connectivity index (χ0v) is 10.4. The fourth-order valence-electron chi connectivity index (χ4n) is 2.25. The van der Waals surface area contributed by atoms with Crippen LogP contribution in [0, 0.1) is 0 Å². The van der Waals surface area contributed by atoms with E-state index in [1.807, 2.05) is 60.4 Å². The van der Waals surface area contributed by atoms with Crippen molar-refractivity contribution >= 4 is 16.6 Å². The van der Waals surface area contributed by atoms with Gasteiger partial charge in [-0.05, 0) is 22.7 Å². The van der Waals surface area contributed by atoms with Crippen molar-refractivity contribution in [1.82, 2.24) is 9.78 Å². The quantitative estimate of drug-likeness (QED) is 0.381. The fraction of sp³-hybridized carbons (Fsp3) is 0.0714. The first-order valence-corrected chi connectivity index (χ1v) is 5.86. The molecule has 0 bridgehead atoms. The van der Waals surface area contributed by atoms with E-state index in [0.717, 1.165) is 22.0 Å². The molecule has 0 aliphatic carbocycles. The van der Waals surface area contributed by atoms with Crippen molar-refractivity contribution in [1.29, 1.82) is 0 Å². The van der Waals surface area contributed by atoms with E-state index < -0.39 is 0 Å². The molecule has 0 spiro atoms. The van der Waals surface area contributed by atoms with Crippen molar-refractivity contribution in [2.75, 3.05) is 0 Å². The molecule has 0 N–H and O–H groups in total. The van der Waals surface area contributed by atoms with Crippen LogP contribution in [0.5, 0.6) is 0 Å². The molecule has 0 saturated carbocycles. The maximum absolute atomic E-state index is 8.65. The minimum atomic E-state index is 0.626. The molecular weight excluding hydrogens is 238 g/mol. The Morgan fingerprint density at radius 1 is 1.11 bits per heavy atom. The monoisotopic (exact) mass is 249 g/mol. The standard InChI is InChI=1S/C14H11N5/c1-19-14-8-4-6-10(12(14)9-16-19)11-5-2-3-7-13(11)17-18-15/h2-9H,1H3. The molecule has 0 saturated heterocycles. The van der Waals surface area contributed by atoms with Crippen LogP contribution in [0.3, 0.4) is 0 Å². The van der Waals surface area contributed by atoms with Crippen molar-refractivity contribution in [3.63, 3.8) is 0 Å². The molecule has 0 unspecified atom stereocenters. The molecule has 3 rings (SSSR count). The first-order valence-electron chi connectivity index (χ1n) is 5.86. The summed E-state index contributed by atoms with van der Waals surface area (Å²) in [5.41, 5.74) is 12.3. The number of hydrogen-bond donors (Lipinski definition) is 0. The maximum Gasteiger partial charge on any atom is 0.0685 e. The number of azide groups is 1. The Bertz CT molecular complexity index is 796. The molecule has 92 valence electrons. The molecule has 0 amide bonds. The summed E-state index contributed by atoms with van der Waals surface area (Å²) < 4.78 is 1.83. The predicted molar refractivity (Wildman–Crippen MR) is 75.0 cm³/mol. The van der Waals surface area contributed by atoms with Crippen LogP contribution in [0.15, 0.2) is 53.8 Å². The Hall–Kier alpha value is -2.78. The Kier molecular flexibility index (Phi) is 2.67. The largest absolute Gasteiger partial charge is 0.268 e. The third-order valence-corrected chi connectivity index (χ3v) is 3.14. The molecule has 3 aromatic rings. The third-order valence-electron chi connectivity index (χ3n) is 3.14. The number of fused-ring (bicyclic) bond motifs is 1. The second kappa shape index (κ2) is 4.48. The molecule has 0 radical (unpaired) electrons. The van der Waals surface area contributed by atoms with Crippen molar-refractivity contribution in [3.05, 3.63) is 59.1 Å². The van der Waals surface area contributed by atoms with Crippen molar-refractivity contribution in [3.8, 4) is 11.1 Å². The molecule has 0 fully saturated rings. The number of aryl methyl sites for hydroxylation is 1. The smallest absolute Gasteiger partial charge is 0.0685 e. The molecular formula is C14H11N5.